The maximum absolute atomic E-state index is 5.62. The first-order valence-corrected chi connectivity index (χ1v) is 6.07. The van der Waals surface area contributed by atoms with E-state index in [0.29, 0.717) is 0 Å². The number of pyridine rings is 1. The van der Waals surface area contributed by atoms with E-state index in [9.17, 15) is 0 Å². The van der Waals surface area contributed by atoms with E-state index in [2.05, 4.69) is 23.9 Å². The van der Waals surface area contributed by atoms with Crippen molar-refractivity contribution in [3.8, 4) is 0 Å². The van der Waals surface area contributed by atoms with Gasteiger partial charge in [-0.05, 0) is 6.42 Å². The van der Waals surface area contributed by atoms with Crippen LogP contribution in [0.25, 0.3) is 0 Å². The summed E-state index contributed by atoms with van der Waals surface area (Å²) in [6, 6.07) is 3.91. The monoisotopic (exact) mass is 207 g/mol. The highest BCUT2D eigenvalue weighted by molar-refractivity contribution is 5.32. The minimum atomic E-state index is 0.842. The molecule has 1 rings (SSSR count). The molecule has 2 N–H and O–H groups in total. The second kappa shape index (κ2) is 7.27. The molecule has 0 spiro atoms. The Morgan fingerprint density at radius 3 is 2.27 bits per heavy atom. The largest absolute Gasteiger partial charge is 0.398 e. The highest BCUT2D eigenvalue weighted by Gasteiger charge is 1.98. The average Bonchev–Trinajstić information content (AvgIpc) is 2.26. The molecule has 2 nitrogen and oxygen atoms in total. The van der Waals surface area contributed by atoms with Crippen LogP contribution >= 0.6 is 0 Å². The van der Waals surface area contributed by atoms with Gasteiger partial charge in [0.1, 0.15) is 6.54 Å². The van der Waals surface area contributed by atoms with Crippen molar-refractivity contribution >= 4 is 5.69 Å². The molecule has 1 aromatic rings. The van der Waals surface area contributed by atoms with Gasteiger partial charge in [-0.3, -0.25) is 0 Å². The SMILES string of the molecule is CCCCCCCC[n+]1ccc(N)cc1. The lowest BCUT2D eigenvalue weighted by Crippen LogP contribution is -2.32. The number of hydrogen-bond acceptors (Lipinski definition) is 1. The Kier molecular flexibility index (Phi) is 5.83. The zero-order valence-corrected chi connectivity index (χ0v) is 9.78. The summed E-state index contributed by atoms with van der Waals surface area (Å²) < 4.78 is 2.20. The molecule has 1 heterocycles. The van der Waals surface area contributed by atoms with Gasteiger partial charge in [-0.15, -0.1) is 0 Å². The van der Waals surface area contributed by atoms with Crippen LogP contribution in [0.4, 0.5) is 5.69 Å². The van der Waals surface area contributed by atoms with Gasteiger partial charge in [0, 0.05) is 24.2 Å². The number of nitrogens with zero attached hydrogens (tertiary/aromatic N) is 1. The molecular weight excluding hydrogens is 184 g/mol. The fraction of sp³-hybridized carbons (Fsp3) is 0.615. The zero-order valence-electron chi connectivity index (χ0n) is 9.78. The number of aromatic nitrogens is 1. The summed E-state index contributed by atoms with van der Waals surface area (Å²) in [4.78, 5) is 0. The van der Waals surface area contributed by atoms with Crippen LogP contribution in [-0.2, 0) is 6.54 Å². The Labute approximate surface area is 93.1 Å². The minimum absolute atomic E-state index is 0.842. The summed E-state index contributed by atoms with van der Waals surface area (Å²) in [5, 5.41) is 0. The standard InChI is InChI=1S/C13H22N2/c1-2-3-4-5-6-7-10-15-11-8-13(14)9-12-15/h8-9,11-12,14H,2-7,10H2,1H3/p+1. The molecular formula is C13H23N2+. The molecule has 0 bridgehead atoms. The van der Waals surface area contributed by atoms with Crippen LogP contribution in [0.2, 0.25) is 0 Å². The maximum atomic E-state index is 5.62. The van der Waals surface area contributed by atoms with Gasteiger partial charge < -0.3 is 5.73 Å². The normalized spacial score (nSPS) is 10.5. The highest BCUT2D eigenvalue weighted by atomic mass is 14.9. The summed E-state index contributed by atoms with van der Waals surface area (Å²) in [7, 11) is 0. The molecule has 0 saturated heterocycles. The Morgan fingerprint density at radius 2 is 1.60 bits per heavy atom. The van der Waals surface area contributed by atoms with Crippen LogP contribution in [0.1, 0.15) is 45.4 Å². The average molecular weight is 207 g/mol. The van der Waals surface area contributed by atoms with Gasteiger partial charge in [-0.25, -0.2) is 4.57 Å². The number of hydrogen-bond donors (Lipinski definition) is 1. The number of aryl methyl sites for hydroxylation is 1. The quantitative estimate of drug-likeness (QED) is 0.541. The van der Waals surface area contributed by atoms with Crippen molar-refractivity contribution in [3.63, 3.8) is 0 Å². The maximum Gasteiger partial charge on any atom is 0.170 e. The van der Waals surface area contributed by atoms with Crippen LogP contribution in [0, 0.1) is 0 Å². The second-order valence-corrected chi connectivity index (χ2v) is 4.14. The van der Waals surface area contributed by atoms with Crippen molar-refractivity contribution in [3.05, 3.63) is 24.5 Å². The predicted molar refractivity (Wildman–Crippen MR) is 64.4 cm³/mol. The van der Waals surface area contributed by atoms with Gasteiger partial charge in [0.15, 0.2) is 12.4 Å². The number of nitrogen functional groups attached to an aromatic ring is 1. The minimum Gasteiger partial charge on any atom is -0.398 e. The first-order chi connectivity index (χ1) is 7.33. The van der Waals surface area contributed by atoms with Crippen molar-refractivity contribution in [2.45, 2.75) is 52.0 Å². The van der Waals surface area contributed by atoms with E-state index in [1.54, 1.807) is 0 Å². The van der Waals surface area contributed by atoms with Crippen molar-refractivity contribution in [2.24, 2.45) is 0 Å². The van der Waals surface area contributed by atoms with Crippen molar-refractivity contribution < 1.29 is 4.57 Å². The summed E-state index contributed by atoms with van der Waals surface area (Å²) in [5.74, 6) is 0. The number of nitrogens with two attached hydrogens (primary N) is 1. The topological polar surface area (TPSA) is 29.9 Å². The molecule has 0 atom stereocenters. The lowest BCUT2D eigenvalue weighted by atomic mass is 10.1. The molecule has 0 fully saturated rings. The summed E-state index contributed by atoms with van der Waals surface area (Å²) in [6.07, 6.45) is 12.2. The third-order valence-corrected chi connectivity index (χ3v) is 2.69. The van der Waals surface area contributed by atoms with Gasteiger partial charge in [0.05, 0.1) is 0 Å². The molecule has 0 saturated carbocycles. The molecule has 0 amide bonds. The fourth-order valence-electron chi connectivity index (χ4n) is 1.69. The highest BCUT2D eigenvalue weighted by Crippen LogP contribution is 2.04. The number of rotatable bonds is 7. The van der Waals surface area contributed by atoms with Crippen LogP contribution in [0.3, 0.4) is 0 Å². The summed E-state index contributed by atoms with van der Waals surface area (Å²) in [6.45, 7) is 3.37. The Balaban J connectivity index is 2.07. The van der Waals surface area contributed by atoms with Crippen LogP contribution < -0.4 is 10.3 Å². The third kappa shape index (κ3) is 5.40. The summed E-state index contributed by atoms with van der Waals surface area (Å²) >= 11 is 0. The Hall–Kier alpha value is -1.05. The van der Waals surface area contributed by atoms with Gasteiger partial charge in [-0.1, -0.05) is 32.6 Å². The molecule has 2 heteroatoms. The van der Waals surface area contributed by atoms with E-state index in [-0.39, 0.29) is 0 Å². The zero-order chi connectivity index (χ0) is 10.9. The fourth-order valence-corrected chi connectivity index (χ4v) is 1.69. The number of anilines is 1. The van der Waals surface area contributed by atoms with Crippen LogP contribution in [-0.4, -0.2) is 0 Å². The third-order valence-electron chi connectivity index (χ3n) is 2.69. The van der Waals surface area contributed by atoms with E-state index in [4.69, 9.17) is 5.73 Å². The van der Waals surface area contributed by atoms with Gasteiger partial charge in [0.2, 0.25) is 0 Å². The molecule has 1 aromatic heterocycles. The van der Waals surface area contributed by atoms with E-state index < -0.39 is 0 Å². The lowest BCUT2D eigenvalue weighted by molar-refractivity contribution is -0.697. The van der Waals surface area contributed by atoms with Crippen molar-refractivity contribution in [1.82, 2.24) is 0 Å². The van der Waals surface area contributed by atoms with E-state index in [1.165, 1.54) is 38.5 Å². The van der Waals surface area contributed by atoms with Gasteiger partial charge in [-0.2, -0.15) is 0 Å². The molecule has 0 aliphatic heterocycles. The smallest absolute Gasteiger partial charge is 0.170 e. The molecule has 0 aromatic carbocycles. The lowest BCUT2D eigenvalue weighted by Gasteiger charge is -1.99. The van der Waals surface area contributed by atoms with Gasteiger partial charge in [0.25, 0.3) is 0 Å². The van der Waals surface area contributed by atoms with E-state index >= 15 is 0 Å². The van der Waals surface area contributed by atoms with Crippen molar-refractivity contribution in [2.75, 3.05) is 5.73 Å². The van der Waals surface area contributed by atoms with Crippen molar-refractivity contribution in [1.29, 1.82) is 0 Å². The number of unbranched alkanes of at least 4 members (excludes halogenated alkanes) is 5. The molecule has 0 unspecified atom stereocenters. The predicted octanol–water partition coefficient (Wildman–Crippen LogP) is 2.92. The first-order valence-electron chi connectivity index (χ1n) is 6.07. The summed E-state index contributed by atoms with van der Waals surface area (Å²) in [5.41, 5.74) is 6.46. The van der Waals surface area contributed by atoms with E-state index in [0.717, 1.165) is 12.2 Å². The first kappa shape index (κ1) is 12.0. The van der Waals surface area contributed by atoms with Crippen LogP contribution in [0.5, 0.6) is 0 Å². The second-order valence-electron chi connectivity index (χ2n) is 4.14. The van der Waals surface area contributed by atoms with Crippen LogP contribution in [0.15, 0.2) is 24.5 Å². The molecule has 84 valence electrons. The van der Waals surface area contributed by atoms with Gasteiger partial charge >= 0.3 is 0 Å². The molecule has 0 aliphatic rings. The molecule has 15 heavy (non-hydrogen) atoms. The van der Waals surface area contributed by atoms with E-state index in [1.807, 2.05) is 12.1 Å². The Bertz CT molecular complexity index is 254. The molecule has 0 aliphatic carbocycles. The Morgan fingerprint density at radius 1 is 1.00 bits per heavy atom. The molecule has 0 radical (unpaired) electrons.